The molecule has 0 radical (unpaired) electrons. The van der Waals surface area contributed by atoms with E-state index < -0.39 is 17.6 Å². The Kier molecular flexibility index (Phi) is 6.60. The second-order valence-corrected chi connectivity index (χ2v) is 11.4. The van der Waals surface area contributed by atoms with Crippen LogP contribution in [0, 0.1) is 0 Å². The molecule has 0 aliphatic carbocycles. The summed E-state index contributed by atoms with van der Waals surface area (Å²) in [6.45, 7) is 6.00. The second-order valence-electron chi connectivity index (χ2n) is 9.60. The van der Waals surface area contributed by atoms with Crippen LogP contribution in [0.3, 0.4) is 0 Å². The van der Waals surface area contributed by atoms with E-state index in [0.717, 1.165) is 28.4 Å². The topological polar surface area (TPSA) is 73.2 Å². The van der Waals surface area contributed by atoms with Crippen molar-refractivity contribution in [3.05, 3.63) is 80.3 Å². The molecule has 1 saturated heterocycles. The van der Waals surface area contributed by atoms with E-state index >= 15 is 0 Å². The lowest BCUT2D eigenvalue weighted by Crippen LogP contribution is -2.45. The third-order valence-electron chi connectivity index (χ3n) is 7.51. The Bertz CT molecular complexity index is 1280. The first-order valence-electron chi connectivity index (χ1n) is 12.0. The second kappa shape index (κ2) is 9.43. The average molecular weight is 545 g/mol. The van der Waals surface area contributed by atoms with Crippen molar-refractivity contribution in [2.75, 3.05) is 0 Å². The van der Waals surface area contributed by atoms with Crippen molar-refractivity contribution in [2.24, 2.45) is 4.99 Å². The fourth-order valence-electron chi connectivity index (χ4n) is 5.64. The van der Waals surface area contributed by atoms with E-state index in [4.69, 9.17) is 28.2 Å². The number of hydrogen-bond donors (Lipinski definition) is 1. The van der Waals surface area contributed by atoms with Gasteiger partial charge in [-0.2, -0.15) is 0 Å². The number of carboxylic acids is 1. The van der Waals surface area contributed by atoms with Gasteiger partial charge in [-0.15, -0.1) is 0 Å². The molecule has 0 saturated carbocycles. The zero-order valence-electron chi connectivity index (χ0n) is 20.2. The van der Waals surface area contributed by atoms with Gasteiger partial charge in [0.2, 0.25) is 0 Å². The molecule has 0 bridgehead atoms. The highest BCUT2D eigenvalue weighted by Gasteiger charge is 2.53. The number of amides is 1. The van der Waals surface area contributed by atoms with Crippen molar-refractivity contribution in [3.8, 4) is 0 Å². The molecule has 9 heteroatoms. The quantitative estimate of drug-likeness (QED) is 0.468. The first-order chi connectivity index (χ1) is 17.2. The SMILES string of the molecule is CCC1CC[C@@H](C(=O)O)N1C(=O)C1=C(C)N2C(=N[C@@](C)(c3ccc(Cl)cc3)[C@H]2c2ccc(Cl)cc2)S1. The summed E-state index contributed by atoms with van der Waals surface area (Å²) in [5.41, 5.74) is 2.17. The molecule has 1 N–H and O–H groups in total. The first-order valence-corrected chi connectivity index (χ1v) is 13.6. The number of carbonyl (C=O) groups is 2. The third-order valence-corrected chi connectivity index (χ3v) is 9.16. The molecule has 36 heavy (non-hydrogen) atoms. The van der Waals surface area contributed by atoms with Crippen molar-refractivity contribution in [3.63, 3.8) is 0 Å². The maximum atomic E-state index is 13.8. The molecule has 6 nitrogen and oxygen atoms in total. The molecule has 3 aliphatic heterocycles. The number of carbonyl (C=O) groups excluding carboxylic acids is 1. The van der Waals surface area contributed by atoms with Gasteiger partial charge in [0.15, 0.2) is 5.17 Å². The maximum absolute atomic E-state index is 13.8. The molecule has 4 atom stereocenters. The summed E-state index contributed by atoms with van der Waals surface area (Å²) in [5.74, 6) is -1.18. The number of rotatable bonds is 5. The van der Waals surface area contributed by atoms with Gasteiger partial charge in [0.05, 0.1) is 10.9 Å². The molecule has 5 rings (SSSR count). The van der Waals surface area contributed by atoms with Crippen LogP contribution in [-0.2, 0) is 15.1 Å². The average Bonchev–Trinajstić information content (AvgIpc) is 3.51. The number of nitrogens with zero attached hydrogens (tertiary/aromatic N) is 3. The maximum Gasteiger partial charge on any atom is 0.326 e. The van der Waals surface area contributed by atoms with Crippen molar-refractivity contribution in [1.82, 2.24) is 9.80 Å². The zero-order chi connectivity index (χ0) is 25.8. The summed E-state index contributed by atoms with van der Waals surface area (Å²) in [6.07, 6.45) is 1.89. The van der Waals surface area contributed by atoms with Crippen LogP contribution < -0.4 is 0 Å². The number of hydrogen-bond acceptors (Lipinski definition) is 5. The number of aliphatic imine (C=N–C) groups is 1. The van der Waals surface area contributed by atoms with Crippen molar-refractivity contribution in [2.45, 2.75) is 63.7 Å². The van der Waals surface area contributed by atoms with E-state index in [1.54, 1.807) is 4.90 Å². The molecule has 3 aliphatic rings. The molecular formula is C27H27Cl2N3O3S. The smallest absolute Gasteiger partial charge is 0.326 e. The minimum absolute atomic E-state index is 0.0803. The molecular weight excluding hydrogens is 517 g/mol. The van der Waals surface area contributed by atoms with Gasteiger partial charge in [0, 0.05) is 21.8 Å². The highest BCUT2D eigenvalue weighted by molar-refractivity contribution is 8.18. The highest BCUT2D eigenvalue weighted by atomic mass is 35.5. The number of amidine groups is 1. The monoisotopic (exact) mass is 543 g/mol. The fourth-order valence-corrected chi connectivity index (χ4v) is 7.09. The molecule has 0 spiro atoms. The van der Waals surface area contributed by atoms with Crippen molar-refractivity contribution < 1.29 is 14.7 Å². The Morgan fingerprint density at radius 1 is 1.08 bits per heavy atom. The predicted octanol–water partition coefficient (Wildman–Crippen LogP) is 6.45. The number of fused-ring (bicyclic) bond motifs is 1. The minimum Gasteiger partial charge on any atom is -0.480 e. The van der Waals surface area contributed by atoms with E-state index in [-0.39, 0.29) is 18.0 Å². The minimum atomic E-state index is -0.951. The summed E-state index contributed by atoms with van der Waals surface area (Å²) in [4.78, 5) is 35.1. The molecule has 1 unspecified atom stereocenters. The van der Waals surface area contributed by atoms with Gasteiger partial charge in [0.1, 0.15) is 11.6 Å². The zero-order valence-corrected chi connectivity index (χ0v) is 22.6. The Balaban J connectivity index is 1.58. The number of halogens is 2. The Morgan fingerprint density at radius 3 is 2.28 bits per heavy atom. The fraction of sp³-hybridized carbons (Fsp3) is 0.370. The lowest BCUT2D eigenvalue weighted by molar-refractivity contribution is -0.147. The molecule has 188 valence electrons. The summed E-state index contributed by atoms with van der Waals surface area (Å²) >= 11 is 13.7. The van der Waals surface area contributed by atoms with Crippen LogP contribution in [0.15, 0.2) is 64.1 Å². The van der Waals surface area contributed by atoms with Crippen LogP contribution in [0.1, 0.15) is 57.2 Å². The lowest BCUT2D eigenvalue weighted by Gasteiger charge is -2.35. The van der Waals surface area contributed by atoms with E-state index in [1.165, 1.54) is 11.8 Å². The molecule has 1 amide bonds. The summed E-state index contributed by atoms with van der Waals surface area (Å²) in [6, 6.07) is 14.3. The first kappa shape index (κ1) is 25.2. The van der Waals surface area contributed by atoms with Crippen LogP contribution in [0.5, 0.6) is 0 Å². The Morgan fingerprint density at radius 2 is 1.69 bits per heavy atom. The van der Waals surface area contributed by atoms with Gasteiger partial charge < -0.3 is 14.9 Å². The number of allylic oxidation sites excluding steroid dienone is 1. The number of carboxylic acid groups (broad SMARTS) is 1. The van der Waals surface area contributed by atoms with Crippen LogP contribution in [-0.4, -0.2) is 44.0 Å². The largest absolute Gasteiger partial charge is 0.480 e. The van der Waals surface area contributed by atoms with E-state index in [0.29, 0.717) is 27.8 Å². The van der Waals surface area contributed by atoms with Crippen LogP contribution in [0.2, 0.25) is 10.0 Å². The predicted molar refractivity (Wildman–Crippen MR) is 144 cm³/mol. The summed E-state index contributed by atoms with van der Waals surface area (Å²) in [7, 11) is 0. The third kappa shape index (κ3) is 4.01. The molecule has 0 aromatic heterocycles. The van der Waals surface area contributed by atoms with Crippen LogP contribution in [0.25, 0.3) is 0 Å². The lowest BCUT2D eigenvalue weighted by atomic mass is 9.81. The van der Waals surface area contributed by atoms with Gasteiger partial charge in [-0.25, -0.2) is 9.79 Å². The van der Waals surface area contributed by atoms with Crippen molar-refractivity contribution >= 4 is 52.0 Å². The number of aliphatic carboxylic acids is 1. The number of benzene rings is 2. The van der Waals surface area contributed by atoms with E-state index in [2.05, 4.69) is 11.8 Å². The van der Waals surface area contributed by atoms with Crippen LogP contribution in [0.4, 0.5) is 0 Å². The molecule has 2 aromatic carbocycles. The summed E-state index contributed by atoms with van der Waals surface area (Å²) < 4.78 is 0. The van der Waals surface area contributed by atoms with Gasteiger partial charge in [-0.05, 0) is 80.3 Å². The van der Waals surface area contributed by atoms with E-state index in [1.807, 2.05) is 62.4 Å². The number of thioether (sulfide) groups is 1. The Labute approximate surface area is 225 Å². The van der Waals surface area contributed by atoms with Crippen molar-refractivity contribution in [1.29, 1.82) is 0 Å². The van der Waals surface area contributed by atoms with Gasteiger partial charge >= 0.3 is 5.97 Å². The molecule has 3 heterocycles. The highest BCUT2D eigenvalue weighted by Crippen LogP contribution is 2.55. The van der Waals surface area contributed by atoms with Gasteiger partial charge in [-0.1, -0.05) is 54.4 Å². The molecule has 2 aromatic rings. The standard InChI is InChI=1S/C27H27Cl2N3O3S/c1-4-20-13-14-21(25(34)35)32(20)24(33)22-15(2)31-23(16-5-9-18(28)10-6-16)27(3,30-26(31)36-22)17-7-11-19(29)12-8-17/h5-12,20-21,23H,4,13-14H2,1-3H3,(H,34,35)/t20?,21-,23+,27-/m0/s1. The number of likely N-dealkylation sites (tertiary alicyclic amines) is 1. The van der Waals surface area contributed by atoms with Gasteiger partial charge in [-0.3, -0.25) is 4.79 Å². The van der Waals surface area contributed by atoms with Crippen LogP contribution >= 0.6 is 35.0 Å². The molecule has 1 fully saturated rings. The van der Waals surface area contributed by atoms with Gasteiger partial charge in [0.25, 0.3) is 5.91 Å². The summed E-state index contributed by atoms with van der Waals surface area (Å²) in [5, 5.41) is 11.8. The normalized spacial score (nSPS) is 27.5. The Hall–Kier alpha value is -2.48. The van der Waals surface area contributed by atoms with E-state index in [9.17, 15) is 14.7 Å².